The molecule has 2 aromatic rings. The van der Waals surface area contributed by atoms with Gasteiger partial charge in [-0.2, -0.15) is 0 Å². The van der Waals surface area contributed by atoms with Crippen LogP contribution in [0.2, 0.25) is 10.0 Å². The molecule has 1 unspecified atom stereocenters. The molecule has 7 heteroatoms. The van der Waals surface area contributed by atoms with Crippen LogP contribution in [0.1, 0.15) is 23.6 Å². The van der Waals surface area contributed by atoms with Crippen molar-refractivity contribution < 1.29 is 14.7 Å². The van der Waals surface area contributed by atoms with Gasteiger partial charge in [-0.15, -0.1) is 0 Å². The molecule has 0 saturated heterocycles. The number of carbonyl (C=O) groups is 2. The first-order valence-corrected chi connectivity index (χ1v) is 8.51. The van der Waals surface area contributed by atoms with Gasteiger partial charge in [0.15, 0.2) is 0 Å². The van der Waals surface area contributed by atoms with Gasteiger partial charge in [0, 0.05) is 24.0 Å². The fourth-order valence-corrected chi connectivity index (χ4v) is 3.39. The summed E-state index contributed by atoms with van der Waals surface area (Å²) in [5.41, 5.74) is 2.24. The summed E-state index contributed by atoms with van der Waals surface area (Å²) in [6.45, 7) is 0.402. The van der Waals surface area contributed by atoms with Crippen LogP contribution in [0.5, 0.6) is 0 Å². The van der Waals surface area contributed by atoms with Crippen LogP contribution in [-0.2, 0) is 11.2 Å². The monoisotopic (exact) mass is 377 g/mol. The zero-order chi connectivity index (χ0) is 18.0. The molecule has 1 N–H and O–H groups in total. The maximum atomic E-state index is 12.7. The van der Waals surface area contributed by atoms with Gasteiger partial charge in [0.2, 0.25) is 0 Å². The van der Waals surface area contributed by atoms with Crippen molar-refractivity contribution in [1.29, 1.82) is 0 Å². The summed E-state index contributed by atoms with van der Waals surface area (Å²) < 4.78 is 0. The maximum absolute atomic E-state index is 12.7. The van der Waals surface area contributed by atoms with Crippen molar-refractivity contribution in [3.63, 3.8) is 0 Å². The van der Waals surface area contributed by atoms with Crippen LogP contribution in [0.3, 0.4) is 0 Å². The van der Waals surface area contributed by atoms with E-state index in [1.165, 1.54) is 4.90 Å². The van der Waals surface area contributed by atoms with E-state index in [4.69, 9.17) is 23.2 Å². The van der Waals surface area contributed by atoms with E-state index >= 15 is 0 Å². The standard InChI is InChI=1S/C18H16Cl2N2O3/c19-12-5-6-14(20)15(9-12)21-18(25)22-8-7-11-3-1-2-4-13(11)16(22)10-17(23)24/h1-6,9,16H,7-8,10H2,(H,21,25)(H,23,24)/p-1. The molecule has 1 aliphatic heterocycles. The molecule has 130 valence electrons. The molecule has 3 rings (SSSR count). The van der Waals surface area contributed by atoms with Crippen LogP contribution in [0.25, 0.3) is 0 Å². The summed E-state index contributed by atoms with van der Waals surface area (Å²) >= 11 is 12.0. The predicted octanol–water partition coefficient (Wildman–Crippen LogP) is 3.26. The molecule has 0 radical (unpaired) electrons. The molecule has 1 heterocycles. The molecule has 2 aromatic carbocycles. The second-order valence-electron chi connectivity index (χ2n) is 5.79. The topological polar surface area (TPSA) is 72.5 Å². The average Bonchev–Trinajstić information content (AvgIpc) is 2.58. The van der Waals surface area contributed by atoms with Gasteiger partial charge in [-0.25, -0.2) is 4.79 Å². The molecule has 2 amide bonds. The lowest BCUT2D eigenvalue weighted by molar-refractivity contribution is -0.306. The third kappa shape index (κ3) is 3.89. The summed E-state index contributed by atoms with van der Waals surface area (Å²) in [4.78, 5) is 25.4. The summed E-state index contributed by atoms with van der Waals surface area (Å²) in [5, 5.41) is 14.7. The van der Waals surface area contributed by atoms with Gasteiger partial charge in [0.05, 0.1) is 16.8 Å². The lowest BCUT2D eigenvalue weighted by atomic mass is 9.91. The number of carbonyl (C=O) groups excluding carboxylic acids is 2. The average molecular weight is 378 g/mol. The Morgan fingerprint density at radius 3 is 2.72 bits per heavy atom. The molecule has 25 heavy (non-hydrogen) atoms. The Morgan fingerprint density at radius 1 is 1.20 bits per heavy atom. The van der Waals surface area contributed by atoms with Gasteiger partial charge < -0.3 is 20.1 Å². The van der Waals surface area contributed by atoms with Crippen LogP contribution in [0.4, 0.5) is 10.5 Å². The van der Waals surface area contributed by atoms with Gasteiger partial charge >= 0.3 is 6.03 Å². The zero-order valence-corrected chi connectivity index (χ0v) is 14.7. The Balaban J connectivity index is 1.88. The van der Waals surface area contributed by atoms with Gasteiger partial charge in [0.1, 0.15) is 0 Å². The number of carboxylic acids is 1. The highest BCUT2D eigenvalue weighted by Crippen LogP contribution is 2.33. The first-order valence-electron chi connectivity index (χ1n) is 7.76. The second kappa shape index (κ2) is 7.33. The Labute approximate surface area is 155 Å². The van der Waals surface area contributed by atoms with E-state index in [0.29, 0.717) is 28.7 Å². The number of urea groups is 1. The fraction of sp³-hybridized carbons (Fsp3) is 0.222. The second-order valence-corrected chi connectivity index (χ2v) is 6.63. The Morgan fingerprint density at radius 2 is 1.96 bits per heavy atom. The SMILES string of the molecule is O=C([O-])CC1c2ccccc2CCN1C(=O)Nc1cc(Cl)ccc1Cl. The molecule has 0 aliphatic carbocycles. The normalized spacial score (nSPS) is 16.2. The number of halogens is 2. The van der Waals surface area contributed by atoms with E-state index in [0.717, 1.165) is 11.1 Å². The van der Waals surface area contributed by atoms with Gasteiger partial charge in [-0.1, -0.05) is 47.5 Å². The number of fused-ring (bicyclic) bond motifs is 1. The number of rotatable bonds is 3. The highest BCUT2D eigenvalue weighted by atomic mass is 35.5. The van der Waals surface area contributed by atoms with Crippen molar-refractivity contribution >= 4 is 40.9 Å². The van der Waals surface area contributed by atoms with Crippen LogP contribution in [0.15, 0.2) is 42.5 Å². The van der Waals surface area contributed by atoms with Gasteiger partial charge in [-0.05, 0) is 35.7 Å². The molecular formula is C18H15Cl2N2O3-. The predicted molar refractivity (Wildman–Crippen MR) is 94.7 cm³/mol. The smallest absolute Gasteiger partial charge is 0.322 e. The Hall–Kier alpha value is -2.24. The number of carboxylic acid groups (broad SMARTS) is 1. The summed E-state index contributed by atoms with van der Waals surface area (Å²) in [5.74, 6) is -1.21. The van der Waals surface area contributed by atoms with E-state index in [9.17, 15) is 14.7 Å². The maximum Gasteiger partial charge on any atom is 0.322 e. The number of benzene rings is 2. The quantitative estimate of drug-likeness (QED) is 0.891. The van der Waals surface area contributed by atoms with Crippen LogP contribution < -0.4 is 10.4 Å². The molecule has 5 nitrogen and oxygen atoms in total. The lowest BCUT2D eigenvalue weighted by Crippen LogP contribution is -2.44. The van der Waals surface area contributed by atoms with Crippen molar-refractivity contribution in [2.24, 2.45) is 0 Å². The number of nitrogens with zero attached hydrogens (tertiary/aromatic N) is 1. The minimum absolute atomic E-state index is 0.270. The molecule has 0 spiro atoms. The lowest BCUT2D eigenvalue weighted by Gasteiger charge is -2.37. The molecule has 1 atom stereocenters. The first kappa shape index (κ1) is 17.6. The zero-order valence-electron chi connectivity index (χ0n) is 13.2. The highest BCUT2D eigenvalue weighted by molar-refractivity contribution is 6.35. The Bertz CT molecular complexity index is 826. The minimum atomic E-state index is -1.21. The van der Waals surface area contributed by atoms with E-state index in [1.807, 2.05) is 24.3 Å². The van der Waals surface area contributed by atoms with Crippen LogP contribution in [0, 0.1) is 0 Å². The Kier molecular flexibility index (Phi) is 5.16. The van der Waals surface area contributed by atoms with Crippen molar-refractivity contribution in [3.05, 3.63) is 63.6 Å². The molecule has 0 saturated carbocycles. The van der Waals surface area contributed by atoms with E-state index < -0.39 is 18.0 Å². The van der Waals surface area contributed by atoms with Gasteiger partial charge in [0.25, 0.3) is 0 Å². The van der Waals surface area contributed by atoms with E-state index in [-0.39, 0.29) is 6.42 Å². The highest BCUT2D eigenvalue weighted by Gasteiger charge is 2.31. The molecule has 1 aliphatic rings. The number of anilines is 1. The van der Waals surface area contributed by atoms with Crippen LogP contribution in [-0.4, -0.2) is 23.4 Å². The van der Waals surface area contributed by atoms with E-state index in [2.05, 4.69) is 5.32 Å². The number of hydrogen-bond acceptors (Lipinski definition) is 3. The number of amides is 2. The third-order valence-corrected chi connectivity index (χ3v) is 4.77. The summed E-state index contributed by atoms with van der Waals surface area (Å²) in [6, 6.07) is 11.3. The number of aliphatic carboxylic acids is 1. The van der Waals surface area contributed by atoms with E-state index in [1.54, 1.807) is 18.2 Å². The van der Waals surface area contributed by atoms with Crippen molar-refractivity contribution in [1.82, 2.24) is 4.90 Å². The molecule has 0 bridgehead atoms. The van der Waals surface area contributed by atoms with Gasteiger partial charge in [-0.3, -0.25) is 0 Å². The number of hydrogen-bond donors (Lipinski definition) is 1. The first-order chi connectivity index (χ1) is 12.0. The van der Waals surface area contributed by atoms with Crippen molar-refractivity contribution in [3.8, 4) is 0 Å². The van der Waals surface area contributed by atoms with Crippen molar-refractivity contribution in [2.75, 3.05) is 11.9 Å². The number of nitrogens with one attached hydrogen (secondary N) is 1. The minimum Gasteiger partial charge on any atom is -0.550 e. The third-order valence-electron chi connectivity index (χ3n) is 4.20. The fourth-order valence-electron chi connectivity index (χ4n) is 3.05. The van der Waals surface area contributed by atoms with Crippen LogP contribution >= 0.6 is 23.2 Å². The molecule has 0 fully saturated rings. The van der Waals surface area contributed by atoms with Crippen molar-refractivity contribution in [2.45, 2.75) is 18.9 Å². The summed E-state index contributed by atoms with van der Waals surface area (Å²) in [7, 11) is 0. The molecular weight excluding hydrogens is 363 g/mol. The largest absolute Gasteiger partial charge is 0.550 e. The molecule has 0 aromatic heterocycles. The summed E-state index contributed by atoms with van der Waals surface area (Å²) in [6.07, 6.45) is 0.379.